The molecule has 6 aromatic carbocycles. The molecule has 8 heteroatoms. The Morgan fingerprint density at radius 1 is 0.509 bits per heavy atom. The minimum Gasteiger partial charge on any atom is -0.399 e. The Labute approximate surface area is 309 Å². The molecule has 0 amide bonds. The fraction of sp³-hybridized carbons (Fsp3) is 0.133. The lowest BCUT2D eigenvalue weighted by Gasteiger charge is -2.32. The number of rotatable bonds is 7. The molecule has 0 spiro atoms. The molecule has 8 aromatic rings. The molecule has 1 aliphatic rings. The van der Waals surface area contributed by atoms with Gasteiger partial charge >= 0.3 is 7.12 Å². The maximum absolute atomic E-state index is 6.46. The van der Waals surface area contributed by atoms with Gasteiger partial charge in [0.2, 0.25) is 5.95 Å². The number of benzene rings is 6. The highest BCUT2D eigenvalue weighted by atomic mass is 16.7. The van der Waals surface area contributed by atoms with E-state index >= 15 is 0 Å². The van der Waals surface area contributed by atoms with Gasteiger partial charge in [0.1, 0.15) is 0 Å². The van der Waals surface area contributed by atoms with Gasteiger partial charge in [0, 0.05) is 39.0 Å². The molecule has 1 aliphatic heterocycles. The molecule has 0 aliphatic carbocycles. The standard InChI is InChI=1S/C45H38BN5O2/c1-44(2)45(3,4)53-46(52-44)33-24-29-38-37-22-14-15-23-39(37)51(40(38)30-33)36-27-25-35(26-28-36)50(34-20-12-7-13-21-34)43-48-41(31-16-8-5-9-17-31)47-42(49-43)32-18-10-6-11-19-32/h5-30H,1-4H3. The van der Waals surface area contributed by atoms with E-state index in [4.69, 9.17) is 24.3 Å². The summed E-state index contributed by atoms with van der Waals surface area (Å²) in [6, 6.07) is 54.0. The third-order valence-corrected chi connectivity index (χ3v) is 10.5. The van der Waals surface area contributed by atoms with Crippen LogP contribution in [-0.2, 0) is 9.31 Å². The van der Waals surface area contributed by atoms with Crippen molar-refractivity contribution in [3.05, 3.63) is 158 Å². The Morgan fingerprint density at radius 3 is 1.62 bits per heavy atom. The van der Waals surface area contributed by atoms with Crippen LogP contribution in [0.5, 0.6) is 0 Å². The third-order valence-electron chi connectivity index (χ3n) is 10.5. The summed E-state index contributed by atoms with van der Waals surface area (Å²) in [4.78, 5) is 17.2. The van der Waals surface area contributed by atoms with Gasteiger partial charge in [0.25, 0.3) is 0 Å². The summed E-state index contributed by atoms with van der Waals surface area (Å²) in [5.41, 5.74) is 7.07. The van der Waals surface area contributed by atoms with Crippen LogP contribution in [0.3, 0.4) is 0 Å². The zero-order chi connectivity index (χ0) is 36.2. The minimum absolute atomic E-state index is 0.429. The molecule has 0 radical (unpaired) electrons. The Hall–Kier alpha value is -6.09. The van der Waals surface area contributed by atoms with Crippen LogP contribution in [0.15, 0.2) is 158 Å². The van der Waals surface area contributed by atoms with Crippen molar-refractivity contribution in [3.8, 4) is 28.5 Å². The number of hydrogen-bond donors (Lipinski definition) is 0. The number of anilines is 3. The third kappa shape index (κ3) is 5.86. The molecule has 2 aromatic heterocycles. The largest absolute Gasteiger partial charge is 0.494 e. The molecule has 0 bridgehead atoms. The quantitative estimate of drug-likeness (QED) is 0.155. The van der Waals surface area contributed by atoms with Crippen LogP contribution in [0.4, 0.5) is 17.3 Å². The van der Waals surface area contributed by atoms with E-state index in [-0.39, 0.29) is 0 Å². The summed E-state index contributed by atoms with van der Waals surface area (Å²) < 4.78 is 15.2. The van der Waals surface area contributed by atoms with Gasteiger partial charge in [-0.25, -0.2) is 4.98 Å². The Bertz CT molecular complexity index is 2500. The predicted molar refractivity (Wildman–Crippen MR) is 215 cm³/mol. The van der Waals surface area contributed by atoms with Gasteiger partial charge in [-0.05, 0) is 81.7 Å². The van der Waals surface area contributed by atoms with Crippen LogP contribution in [-0.4, -0.2) is 37.8 Å². The first-order valence-electron chi connectivity index (χ1n) is 18.0. The van der Waals surface area contributed by atoms with Crippen molar-refractivity contribution in [3.63, 3.8) is 0 Å². The van der Waals surface area contributed by atoms with Crippen LogP contribution in [0, 0.1) is 0 Å². The van der Waals surface area contributed by atoms with Crippen molar-refractivity contribution >= 4 is 51.7 Å². The topological polar surface area (TPSA) is 65.3 Å². The smallest absolute Gasteiger partial charge is 0.399 e. The van der Waals surface area contributed by atoms with Crippen molar-refractivity contribution in [2.24, 2.45) is 0 Å². The monoisotopic (exact) mass is 691 g/mol. The minimum atomic E-state index is -0.459. The molecule has 0 N–H and O–H groups in total. The van der Waals surface area contributed by atoms with Crippen LogP contribution < -0.4 is 10.4 Å². The highest BCUT2D eigenvalue weighted by Crippen LogP contribution is 2.39. The number of hydrogen-bond acceptors (Lipinski definition) is 6. The lowest BCUT2D eigenvalue weighted by molar-refractivity contribution is 0.00578. The maximum atomic E-state index is 6.46. The van der Waals surface area contributed by atoms with E-state index in [1.165, 1.54) is 10.8 Å². The molecular formula is C45H38BN5O2. The average Bonchev–Trinajstić information content (AvgIpc) is 3.64. The van der Waals surface area contributed by atoms with Crippen LogP contribution in [0.25, 0.3) is 50.3 Å². The Balaban J connectivity index is 1.18. The van der Waals surface area contributed by atoms with Crippen LogP contribution in [0.1, 0.15) is 27.7 Å². The molecule has 9 rings (SSSR count). The summed E-state index contributed by atoms with van der Waals surface area (Å²) in [6.45, 7) is 8.35. The van der Waals surface area contributed by atoms with Gasteiger partial charge in [0.15, 0.2) is 11.6 Å². The van der Waals surface area contributed by atoms with Gasteiger partial charge in [-0.1, -0.05) is 109 Å². The second-order valence-corrected chi connectivity index (χ2v) is 14.4. The summed E-state index contributed by atoms with van der Waals surface area (Å²) in [5.74, 6) is 1.74. The SMILES string of the molecule is CC1(C)OB(c2ccc3c4ccccc4n(-c4ccc(N(c5ccccc5)c5nc(-c6ccccc6)nc(-c6ccccc6)n5)cc4)c3c2)OC1(C)C. The fourth-order valence-electron chi connectivity index (χ4n) is 7.00. The van der Waals surface area contributed by atoms with Crippen molar-refractivity contribution in [2.45, 2.75) is 38.9 Å². The van der Waals surface area contributed by atoms with Crippen LogP contribution >= 0.6 is 0 Å². The number of aromatic nitrogens is 4. The normalized spacial score (nSPS) is 14.9. The second kappa shape index (κ2) is 12.8. The first-order valence-corrected chi connectivity index (χ1v) is 18.0. The van der Waals surface area contributed by atoms with E-state index in [1.54, 1.807) is 0 Å². The van der Waals surface area contributed by atoms with E-state index in [1.807, 2.05) is 78.9 Å². The van der Waals surface area contributed by atoms with E-state index in [2.05, 4.69) is 116 Å². The number of para-hydroxylation sites is 2. The fourth-order valence-corrected chi connectivity index (χ4v) is 7.00. The summed E-state index contributed by atoms with van der Waals surface area (Å²) in [6.07, 6.45) is 0. The van der Waals surface area contributed by atoms with Crippen molar-refractivity contribution < 1.29 is 9.31 Å². The first-order chi connectivity index (χ1) is 25.8. The van der Waals surface area contributed by atoms with Crippen molar-refractivity contribution in [1.29, 1.82) is 0 Å². The molecular weight excluding hydrogens is 653 g/mol. The lowest BCUT2D eigenvalue weighted by atomic mass is 9.79. The zero-order valence-corrected chi connectivity index (χ0v) is 30.1. The number of nitrogens with zero attached hydrogens (tertiary/aromatic N) is 5. The summed E-state index contributed by atoms with van der Waals surface area (Å²) >= 11 is 0. The van der Waals surface area contributed by atoms with Gasteiger partial charge in [-0.3, -0.25) is 4.90 Å². The molecule has 258 valence electrons. The van der Waals surface area contributed by atoms with E-state index in [9.17, 15) is 0 Å². The predicted octanol–water partition coefficient (Wildman–Crippen LogP) is 10.1. The molecule has 0 unspecified atom stereocenters. The number of fused-ring (bicyclic) bond motifs is 3. The summed E-state index contributed by atoms with van der Waals surface area (Å²) in [7, 11) is -0.459. The van der Waals surface area contributed by atoms with Crippen LogP contribution in [0.2, 0.25) is 0 Å². The highest BCUT2D eigenvalue weighted by Gasteiger charge is 2.51. The maximum Gasteiger partial charge on any atom is 0.494 e. The second-order valence-electron chi connectivity index (χ2n) is 14.4. The molecule has 3 heterocycles. The first kappa shape index (κ1) is 32.8. The van der Waals surface area contributed by atoms with Crippen molar-refractivity contribution in [2.75, 3.05) is 4.90 Å². The Kier molecular flexibility index (Phi) is 7.95. The zero-order valence-electron chi connectivity index (χ0n) is 30.1. The Morgan fingerprint density at radius 2 is 1.02 bits per heavy atom. The van der Waals surface area contributed by atoms with Gasteiger partial charge in [-0.2, -0.15) is 9.97 Å². The molecule has 0 saturated carbocycles. The van der Waals surface area contributed by atoms with E-state index in [0.29, 0.717) is 17.6 Å². The summed E-state index contributed by atoms with van der Waals surface area (Å²) in [5, 5.41) is 2.35. The highest BCUT2D eigenvalue weighted by molar-refractivity contribution is 6.62. The lowest BCUT2D eigenvalue weighted by Crippen LogP contribution is -2.41. The van der Waals surface area contributed by atoms with Gasteiger partial charge in [-0.15, -0.1) is 0 Å². The molecule has 53 heavy (non-hydrogen) atoms. The van der Waals surface area contributed by atoms with Gasteiger partial charge < -0.3 is 13.9 Å². The van der Waals surface area contributed by atoms with E-state index < -0.39 is 18.3 Å². The van der Waals surface area contributed by atoms with Crippen molar-refractivity contribution in [1.82, 2.24) is 19.5 Å². The van der Waals surface area contributed by atoms with E-state index in [0.717, 1.165) is 44.7 Å². The molecule has 1 saturated heterocycles. The molecule has 7 nitrogen and oxygen atoms in total. The average molecular weight is 692 g/mol. The van der Waals surface area contributed by atoms with Gasteiger partial charge in [0.05, 0.1) is 22.2 Å². The molecule has 1 fully saturated rings. The molecule has 0 atom stereocenters.